The highest BCUT2D eigenvalue weighted by atomic mass is 16.1. The van der Waals surface area contributed by atoms with Gasteiger partial charge in [-0.25, -0.2) is 0 Å². The second kappa shape index (κ2) is 3.87. The first-order valence-corrected chi connectivity index (χ1v) is 4.56. The lowest BCUT2D eigenvalue weighted by Crippen LogP contribution is -2.13. The van der Waals surface area contributed by atoms with E-state index in [0.29, 0.717) is 22.4 Å². The molecule has 5 nitrogen and oxygen atoms in total. The lowest BCUT2D eigenvalue weighted by Gasteiger charge is -2.05. The van der Waals surface area contributed by atoms with E-state index >= 15 is 0 Å². The topological polar surface area (TPSA) is 95.6 Å². The highest BCUT2D eigenvalue weighted by molar-refractivity contribution is 6.00. The number of hydrogen-bond acceptors (Lipinski definition) is 3. The van der Waals surface area contributed by atoms with Crippen molar-refractivity contribution in [2.45, 2.75) is 0 Å². The molecule has 1 aromatic carbocycles. The van der Waals surface area contributed by atoms with Gasteiger partial charge in [-0.05, 0) is 18.2 Å². The van der Waals surface area contributed by atoms with Crippen molar-refractivity contribution in [2.24, 2.45) is 5.73 Å². The van der Waals surface area contributed by atoms with Crippen molar-refractivity contribution in [3.8, 4) is 17.3 Å². The summed E-state index contributed by atoms with van der Waals surface area (Å²) >= 11 is 0. The number of H-pyrrole nitrogens is 1. The van der Waals surface area contributed by atoms with Gasteiger partial charge in [0.05, 0.1) is 17.3 Å². The van der Waals surface area contributed by atoms with Gasteiger partial charge in [0.25, 0.3) is 0 Å². The zero-order chi connectivity index (χ0) is 11.5. The van der Waals surface area contributed by atoms with Gasteiger partial charge in [0.15, 0.2) is 0 Å². The summed E-state index contributed by atoms with van der Waals surface area (Å²) < 4.78 is 0. The van der Waals surface area contributed by atoms with Gasteiger partial charge in [0.1, 0.15) is 0 Å². The summed E-state index contributed by atoms with van der Waals surface area (Å²) in [6.07, 6.45) is 1.55. The lowest BCUT2D eigenvalue weighted by atomic mass is 9.98. The minimum atomic E-state index is -0.568. The molecule has 0 unspecified atom stereocenters. The summed E-state index contributed by atoms with van der Waals surface area (Å²) in [4.78, 5) is 11.3. The number of amides is 1. The van der Waals surface area contributed by atoms with Crippen molar-refractivity contribution in [3.05, 3.63) is 41.6 Å². The number of aromatic amines is 1. The summed E-state index contributed by atoms with van der Waals surface area (Å²) in [6, 6.07) is 8.54. The minimum absolute atomic E-state index is 0.309. The molecular formula is C11H8N4O. The largest absolute Gasteiger partial charge is 0.366 e. The van der Waals surface area contributed by atoms with Crippen LogP contribution in [0.1, 0.15) is 15.9 Å². The van der Waals surface area contributed by atoms with Crippen LogP contribution in [-0.2, 0) is 0 Å². The van der Waals surface area contributed by atoms with Crippen LogP contribution >= 0.6 is 0 Å². The number of nitrogens with one attached hydrogen (secondary N) is 1. The fraction of sp³-hybridized carbons (Fsp3) is 0. The molecule has 0 aliphatic heterocycles. The molecule has 1 amide bonds. The van der Waals surface area contributed by atoms with Crippen LogP contribution in [0, 0.1) is 11.3 Å². The van der Waals surface area contributed by atoms with E-state index in [1.165, 1.54) is 0 Å². The molecule has 0 aliphatic rings. The number of nitriles is 1. The predicted octanol–water partition coefficient (Wildman–Crippen LogP) is 1.05. The maximum absolute atomic E-state index is 11.3. The second-order valence-electron chi connectivity index (χ2n) is 3.17. The van der Waals surface area contributed by atoms with Gasteiger partial charge in [0, 0.05) is 17.3 Å². The van der Waals surface area contributed by atoms with E-state index in [9.17, 15) is 4.79 Å². The van der Waals surface area contributed by atoms with Gasteiger partial charge in [0.2, 0.25) is 5.91 Å². The van der Waals surface area contributed by atoms with Gasteiger partial charge >= 0.3 is 0 Å². The van der Waals surface area contributed by atoms with Crippen molar-refractivity contribution in [3.63, 3.8) is 0 Å². The highest BCUT2D eigenvalue weighted by Crippen LogP contribution is 2.25. The van der Waals surface area contributed by atoms with Crippen molar-refractivity contribution in [1.29, 1.82) is 5.26 Å². The average molecular weight is 212 g/mol. The third-order valence-corrected chi connectivity index (χ3v) is 2.22. The number of rotatable bonds is 2. The van der Waals surface area contributed by atoms with Crippen LogP contribution in [0.3, 0.4) is 0 Å². The quantitative estimate of drug-likeness (QED) is 0.778. The van der Waals surface area contributed by atoms with Gasteiger partial charge in [-0.2, -0.15) is 10.4 Å². The molecule has 0 spiro atoms. The van der Waals surface area contributed by atoms with Crippen LogP contribution in [0.15, 0.2) is 30.5 Å². The van der Waals surface area contributed by atoms with E-state index in [2.05, 4.69) is 10.2 Å². The fourth-order valence-corrected chi connectivity index (χ4v) is 1.54. The van der Waals surface area contributed by atoms with E-state index in [-0.39, 0.29) is 0 Å². The summed E-state index contributed by atoms with van der Waals surface area (Å²) in [5.74, 6) is -0.568. The van der Waals surface area contributed by atoms with Crippen molar-refractivity contribution < 1.29 is 4.79 Å². The van der Waals surface area contributed by atoms with Crippen molar-refractivity contribution >= 4 is 5.91 Å². The molecule has 78 valence electrons. The van der Waals surface area contributed by atoms with Crippen molar-refractivity contribution in [2.75, 3.05) is 0 Å². The Hall–Kier alpha value is -2.61. The summed E-state index contributed by atoms with van der Waals surface area (Å²) in [5, 5.41) is 15.5. The molecule has 0 radical (unpaired) electrons. The molecule has 0 saturated carbocycles. The molecule has 0 aliphatic carbocycles. The Morgan fingerprint density at radius 1 is 1.44 bits per heavy atom. The monoisotopic (exact) mass is 212 g/mol. The van der Waals surface area contributed by atoms with Crippen LogP contribution in [0.5, 0.6) is 0 Å². The molecule has 2 rings (SSSR count). The summed E-state index contributed by atoms with van der Waals surface area (Å²) in [5.41, 5.74) is 7.06. The van der Waals surface area contributed by atoms with E-state index < -0.39 is 5.91 Å². The standard InChI is InChI=1S/C11H8N4O/c12-6-7-2-1-3-8(11(13)16)10(7)9-4-5-14-15-9/h1-5H,(H2,13,16)(H,14,15). The van der Waals surface area contributed by atoms with Crippen molar-refractivity contribution in [1.82, 2.24) is 10.2 Å². The zero-order valence-corrected chi connectivity index (χ0v) is 8.27. The predicted molar refractivity (Wildman–Crippen MR) is 57.3 cm³/mol. The fourth-order valence-electron chi connectivity index (χ4n) is 1.54. The first-order chi connectivity index (χ1) is 7.74. The van der Waals surface area contributed by atoms with Crippen LogP contribution in [-0.4, -0.2) is 16.1 Å². The summed E-state index contributed by atoms with van der Waals surface area (Å²) in [6.45, 7) is 0. The number of primary amides is 1. The third-order valence-electron chi connectivity index (χ3n) is 2.22. The SMILES string of the molecule is N#Cc1cccc(C(N)=O)c1-c1ccn[nH]1. The smallest absolute Gasteiger partial charge is 0.249 e. The Kier molecular flexibility index (Phi) is 2.40. The molecule has 1 heterocycles. The van der Waals surface area contributed by atoms with Gasteiger partial charge < -0.3 is 5.73 Å². The second-order valence-corrected chi connectivity index (χ2v) is 3.17. The number of nitrogens with zero attached hydrogens (tertiary/aromatic N) is 2. The molecular weight excluding hydrogens is 204 g/mol. The summed E-state index contributed by atoms with van der Waals surface area (Å²) in [7, 11) is 0. The maximum Gasteiger partial charge on any atom is 0.249 e. The number of benzene rings is 1. The number of aromatic nitrogens is 2. The van der Waals surface area contributed by atoms with Crippen LogP contribution in [0.2, 0.25) is 0 Å². The molecule has 0 bridgehead atoms. The molecule has 1 aromatic heterocycles. The van der Waals surface area contributed by atoms with Gasteiger partial charge in [-0.3, -0.25) is 9.89 Å². The Balaban J connectivity index is 2.75. The van der Waals surface area contributed by atoms with Gasteiger partial charge in [-0.1, -0.05) is 6.07 Å². The van der Waals surface area contributed by atoms with Crippen LogP contribution in [0.4, 0.5) is 0 Å². The highest BCUT2D eigenvalue weighted by Gasteiger charge is 2.14. The van der Waals surface area contributed by atoms with Crippen LogP contribution < -0.4 is 5.73 Å². The maximum atomic E-state index is 11.3. The Morgan fingerprint density at radius 3 is 2.81 bits per heavy atom. The molecule has 2 aromatic rings. The van der Waals surface area contributed by atoms with Gasteiger partial charge in [-0.15, -0.1) is 0 Å². The zero-order valence-electron chi connectivity index (χ0n) is 8.27. The van der Waals surface area contributed by atoms with E-state index in [1.807, 2.05) is 6.07 Å². The van der Waals surface area contributed by atoms with E-state index in [4.69, 9.17) is 11.0 Å². The van der Waals surface area contributed by atoms with E-state index in [1.54, 1.807) is 30.5 Å². The average Bonchev–Trinajstić information content (AvgIpc) is 2.81. The van der Waals surface area contributed by atoms with Crippen LogP contribution in [0.25, 0.3) is 11.3 Å². The lowest BCUT2D eigenvalue weighted by molar-refractivity contribution is 0.100. The minimum Gasteiger partial charge on any atom is -0.366 e. The molecule has 3 N–H and O–H groups in total. The molecule has 16 heavy (non-hydrogen) atoms. The first-order valence-electron chi connectivity index (χ1n) is 4.56. The Morgan fingerprint density at radius 2 is 2.25 bits per heavy atom. The van der Waals surface area contributed by atoms with E-state index in [0.717, 1.165) is 0 Å². The molecule has 0 atom stereocenters. The third kappa shape index (κ3) is 1.53. The molecule has 0 fully saturated rings. The Bertz CT molecular complexity index is 566. The molecule has 0 saturated heterocycles. The number of carbonyl (C=O) groups is 1. The first kappa shape index (κ1) is 9.93. The number of nitrogens with two attached hydrogens (primary N) is 1. The number of hydrogen-bond donors (Lipinski definition) is 2. The number of carbonyl (C=O) groups excluding carboxylic acids is 1. The Labute approximate surface area is 91.5 Å². The normalized spacial score (nSPS) is 9.69. The molecule has 5 heteroatoms.